The highest BCUT2D eigenvalue weighted by atomic mass is 32.2. The molecule has 1 N–H and O–H groups in total. The summed E-state index contributed by atoms with van der Waals surface area (Å²) < 4.78 is 23.3. The van der Waals surface area contributed by atoms with Crippen LogP contribution in [0.2, 0.25) is 0 Å². The molecule has 0 radical (unpaired) electrons. The van der Waals surface area contributed by atoms with Crippen LogP contribution in [0, 0.1) is 6.92 Å². The number of carbonyl (C=O) groups is 1. The van der Waals surface area contributed by atoms with Crippen LogP contribution in [0.25, 0.3) is 0 Å². The Morgan fingerprint density at radius 1 is 1.30 bits per heavy atom. The van der Waals surface area contributed by atoms with Gasteiger partial charge in [0.1, 0.15) is 5.82 Å². The van der Waals surface area contributed by atoms with Crippen LogP contribution in [-0.2, 0) is 16.3 Å². The Bertz CT molecular complexity index is 939. The lowest BCUT2D eigenvalue weighted by atomic mass is 10.1. The van der Waals surface area contributed by atoms with E-state index < -0.39 is 9.84 Å². The first-order valence-corrected chi connectivity index (χ1v) is 10.9. The van der Waals surface area contributed by atoms with Gasteiger partial charge in [0.15, 0.2) is 9.84 Å². The van der Waals surface area contributed by atoms with Gasteiger partial charge < -0.3 is 10.2 Å². The first kappa shape index (κ1) is 19.4. The summed E-state index contributed by atoms with van der Waals surface area (Å²) in [6.07, 6.45) is 2.98. The van der Waals surface area contributed by atoms with Gasteiger partial charge in [0.05, 0.1) is 17.1 Å². The summed E-state index contributed by atoms with van der Waals surface area (Å²) in [4.78, 5) is 18.9. The standard InChI is InChI=1S/C20H25N3O3S/c1-4-15-7-5-6-14(2)19(15)22-20(24)16-8-9-18(21-12-16)23(3)17-10-11-27(25,26)13-17/h5-9,12,17H,4,10-11,13H2,1-3H3,(H,22,24). The maximum atomic E-state index is 12.6. The molecule has 1 fully saturated rings. The van der Waals surface area contributed by atoms with Crippen LogP contribution in [0.1, 0.15) is 34.8 Å². The Kier molecular flexibility index (Phi) is 5.51. The molecule has 1 aliphatic heterocycles. The number of amides is 1. The van der Waals surface area contributed by atoms with Crippen molar-refractivity contribution in [1.82, 2.24) is 4.98 Å². The largest absolute Gasteiger partial charge is 0.356 e. The van der Waals surface area contributed by atoms with E-state index in [1.54, 1.807) is 12.1 Å². The minimum absolute atomic E-state index is 0.0683. The average molecular weight is 388 g/mol. The molecule has 2 aromatic rings. The second-order valence-corrected chi connectivity index (χ2v) is 9.22. The molecule has 3 rings (SSSR count). The van der Waals surface area contributed by atoms with Gasteiger partial charge in [-0.1, -0.05) is 25.1 Å². The molecule has 1 amide bonds. The summed E-state index contributed by atoms with van der Waals surface area (Å²) in [6, 6.07) is 9.38. The quantitative estimate of drug-likeness (QED) is 0.853. The van der Waals surface area contributed by atoms with Crippen molar-refractivity contribution in [3.63, 3.8) is 0 Å². The number of nitrogens with one attached hydrogen (secondary N) is 1. The number of benzene rings is 1. The van der Waals surface area contributed by atoms with Crippen LogP contribution in [0.5, 0.6) is 0 Å². The average Bonchev–Trinajstić information content (AvgIpc) is 3.02. The van der Waals surface area contributed by atoms with Gasteiger partial charge >= 0.3 is 0 Å². The number of nitrogens with zero attached hydrogens (tertiary/aromatic N) is 2. The maximum absolute atomic E-state index is 12.6. The number of carbonyl (C=O) groups excluding carboxylic acids is 1. The van der Waals surface area contributed by atoms with E-state index >= 15 is 0 Å². The zero-order valence-electron chi connectivity index (χ0n) is 15.9. The summed E-state index contributed by atoms with van der Waals surface area (Å²) in [7, 11) is -1.11. The van der Waals surface area contributed by atoms with Crippen molar-refractivity contribution >= 4 is 27.2 Å². The molecule has 0 saturated carbocycles. The van der Waals surface area contributed by atoms with Crippen LogP contribution in [0.4, 0.5) is 11.5 Å². The number of hydrogen-bond donors (Lipinski definition) is 1. The Balaban J connectivity index is 1.73. The topological polar surface area (TPSA) is 79.4 Å². The van der Waals surface area contributed by atoms with Gasteiger partial charge in [-0.05, 0) is 43.0 Å². The molecule has 1 aromatic carbocycles. The molecule has 27 heavy (non-hydrogen) atoms. The molecule has 0 spiro atoms. The highest BCUT2D eigenvalue weighted by molar-refractivity contribution is 7.91. The molecular formula is C20H25N3O3S. The zero-order valence-corrected chi connectivity index (χ0v) is 16.7. The lowest BCUT2D eigenvalue weighted by molar-refractivity contribution is 0.102. The molecule has 144 valence electrons. The number of para-hydroxylation sites is 1. The fourth-order valence-electron chi connectivity index (χ4n) is 3.38. The zero-order chi connectivity index (χ0) is 19.6. The summed E-state index contributed by atoms with van der Waals surface area (Å²) in [6.45, 7) is 4.03. The minimum atomic E-state index is -2.95. The number of rotatable bonds is 5. The Morgan fingerprint density at radius 2 is 2.07 bits per heavy atom. The van der Waals surface area contributed by atoms with Crippen molar-refractivity contribution < 1.29 is 13.2 Å². The maximum Gasteiger partial charge on any atom is 0.257 e. The fourth-order valence-corrected chi connectivity index (χ4v) is 5.16. The number of anilines is 2. The van der Waals surface area contributed by atoms with Crippen LogP contribution < -0.4 is 10.2 Å². The third-order valence-corrected chi connectivity index (χ3v) is 6.86. The molecule has 1 atom stereocenters. The first-order chi connectivity index (χ1) is 12.8. The normalized spacial score (nSPS) is 18.3. The molecule has 1 aromatic heterocycles. The van der Waals surface area contributed by atoms with Crippen molar-refractivity contribution in [2.75, 3.05) is 28.8 Å². The number of sulfone groups is 1. The molecule has 7 heteroatoms. The third kappa shape index (κ3) is 4.30. The monoisotopic (exact) mass is 387 g/mol. The first-order valence-electron chi connectivity index (χ1n) is 9.10. The lowest BCUT2D eigenvalue weighted by Gasteiger charge is -2.24. The second kappa shape index (κ2) is 7.68. The number of pyridine rings is 1. The Morgan fingerprint density at radius 3 is 2.67 bits per heavy atom. The van der Waals surface area contributed by atoms with Gasteiger partial charge in [0, 0.05) is 25.0 Å². The van der Waals surface area contributed by atoms with Crippen molar-refractivity contribution in [3.8, 4) is 0 Å². The van der Waals surface area contributed by atoms with Crippen LogP contribution in [-0.4, -0.2) is 43.9 Å². The van der Waals surface area contributed by atoms with Gasteiger partial charge in [0.25, 0.3) is 5.91 Å². The van der Waals surface area contributed by atoms with E-state index in [0.29, 0.717) is 17.8 Å². The van der Waals surface area contributed by atoms with Gasteiger partial charge in [-0.15, -0.1) is 0 Å². The van der Waals surface area contributed by atoms with Crippen molar-refractivity contribution in [1.29, 1.82) is 0 Å². The summed E-state index contributed by atoms with van der Waals surface area (Å²) in [5.74, 6) is 0.835. The van der Waals surface area contributed by atoms with E-state index in [9.17, 15) is 13.2 Å². The molecular weight excluding hydrogens is 362 g/mol. The van der Waals surface area contributed by atoms with E-state index in [2.05, 4.69) is 17.2 Å². The number of hydrogen-bond acceptors (Lipinski definition) is 5. The van der Waals surface area contributed by atoms with E-state index in [1.807, 2.05) is 37.1 Å². The predicted octanol–water partition coefficient (Wildman–Crippen LogP) is 2.83. The third-order valence-electron chi connectivity index (χ3n) is 5.11. The molecule has 2 heterocycles. The Labute approximate surface area is 160 Å². The number of aryl methyl sites for hydroxylation is 2. The second-order valence-electron chi connectivity index (χ2n) is 6.99. The van der Waals surface area contributed by atoms with E-state index in [1.165, 1.54) is 6.20 Å². The van der Waals surface area contributed by atoms with Gasteiger partial charge in [-0.2, -0.15) is 0 Å². The summed E-state index contributed by atoms with van der Waals surface area (Å²) in [5.41, 5.74) is 3.43. The molecule has 1 aliphatic rings. The summed E-state index contributed by atoms with van der Waals surface area (Å²) >= 11 is 0. The van der Waals surface area contributed by atoms with Crippen LogP contribution in [0.15, 0.2) is 36.5 Å². The Hall–Kier alpha value is -2.41. The molecule has 0 bridgehead atoms. The predicted molar refractivity (Wildman–Crippen MR) is 108 cm³/mol. The fraction of sp³-hybridized carbons (Fsp3) is 0.400. The van der Waals surface area contributed by atoms with Crippen molar-refractivity contribution in [2.45, 2.75) is 32.7 Å². The smallest absolute Gasteiger partial charge is 0.257 e. The van der Waals surface area contributed by atoms with Gasteiger partial charge in [-0.3, -0.25) is 4.79 Å². The molecule has 1 saturated heterocycles. The highest BCUT2D eigenvalue weighted by Gasteiger charge is 2.31. The van der Waals surface area contributed by atoms with E-state index in [0.717, 1.165) is 23.2 Å². The lowest BCUT2D eigenvalue weighted by Crippen LogP contribution is -2.33. The molecule has 6 nitrogen and oxygen atoms in total. The SMILES string of the molecule is CCc1cccc(C)c1NC(=O)c1ccc(N(C)C2CCS(=O)(=O)C2)nc1. The van der Waals surface area contributed by atoms with E-state index in [-0.39, 0.29) is 23.5 Å². The van der Waals surface area contributed by atoms with Crippen LogP contribution in [0.3, 0.4) is 0 Å². The minimum Gasteiger partial charge on any atom is -0.356 e. The molecule has 1 unspecified atom stereocenters. The van der Waals surface area contributed by atoms with Crippen LogP contribution >= 0.6 is 0 Å². The van der Waals surface area contributed by atoms with E-state index in [4.69, 9.17) is 0 Å². The van der Waals surface area contributed by atoms with Gasteiger partial charge in [0.2, 0.25) is 0 Å². The highest BCUT2D eigenvalue weighted by Crippen LogP contribution is 2.23. The van der Waals surface area contributed by atoms with Crippen molar-refractivity contribution in [2.24, 2.45) is 0 Å². The summed E-state index contributed by atoms with van der Waals surface area (Å²) in [5, 5.41) is 2.99. The number of aromatic nitrogens is 1. The van der Waals surface area contributed by atoms with Gasteiger partial charge in [-0.25, -0.2) is 13.4 Å². The van der Waals surface area contributed by atoms with Crippen molar-refractivity contribution in [3.05, 3.63) is 53.2 Å². The molecule has 0 aliphatic carbocycles.